The molecular weight excluding hydrogens is 252 g/mol. The Morgan fingerprint density at radius 1 is 0.950 bits per heavy atom. The van der Waals surface area contributed by atoms with E-state index in [0.29, 0.717) is 16.9 Å². The van der Waals surface area contributed by atoms with Crippen LogP contribution < -0.4 is 15.4 Å². The summed E-state index contributed by atoms with van der Waals surface area (Å²) in [6.07, 6.45) is 1.26. The Balaban J connectivity index is 1.81. The van der Waals surface area contributed by atoms with Crippen LogP contribution in [0.25, 0.3) is 0 Å². The summed E-state index contributed by atoms with van der Waals surface area (Å²) in [5.74, 6) is 0.608. The second kappa shape index (κ2) is 4.13. The third kappa shape index (κ3) is 1.58. The summed E-state index contributed by atoms with van der Waals surface area (Å²) < 4.78 is 5.90. The molecular formula is C16H12N2O2. The average molecular weight is 264 g/mol. The van der Waals surface area contributed by atoms with Crippen molar-refractivity contribution in [1.29, 1.82) is 0 Å². The third-order valence-electron chi connectivity index (χ3n) is 3.52. The predicted octanol–water partition coefficient (Wildman–Crippen LogP) is 3.01. The molecule has 20 heavy (non-hydrogen) atoms. The molecule has 0 aliphatic carbocycles. The molecule has 0 amide bonds. The normalized spacial score (nSPS) is 19.1. The number of carbonyl (C=O) groups excluding carboxylic acids is 1. The van der Waals surface area contributed by atoms with E-state index >= 15 is 0 Å². The molecule has 0 saturated carbocycles. The second-order valence-corrected chi connectivity index (χ2v) is 4.76. The zero-order valence-electron chi connectivity index (χ0n) is 10.6. The highest BCUT2D eigenvalue weighted by molar-refractivity contribution is 6.12. The van der Waals surface area contributed by atoms with Gasteiger partial charge in [-0.25, -0.2) is 0 Å². The van der Waals surface area contributed by atoms with Crippen LogP contribution in [0, 0.1) is 0 Å². The standard InChI is InChI=1S/C16H12N2O2/c19-15-10-5-1-4-8-14(10)20-16-11(15)9-17-12-6-2-3-7-13(12)18-16/h1-9,16-18H/t16-/m0/s1. The molecule has 0 aromatic heterocycles. The van der Waals surface area contributed by atoms with Crippen molar-refractivity contribution in [2.45, 2.75) is 6.23 Å². The Morgan fingerprint density at radius 3 is 2.60 bits per heavy atom. The van der Waals surface area contributed by atoms with Gasteiger partial charge in [0.25, 0.3) is 0 Å². The van der Waals surface area contributed by atoms with E-state index < -0.39 is 6.23 Å². The number of para-hydroxylation sites is 3. The minimum Gasteiger partial charge on any atom is -0.466 e. The van der Waals surface area contributed by atoms with Crippen LogP contribution in [0.2, 0.25) is 0 Å². The van der Waals surface area contributed by atoms with Gasteiger partial charge in [-0.1, -0.05) is 24.3 Å². The van der Waals surface area contributed by atoms with Gasteiger partial charge in [-0.15, -0.1) is 0 Å². The third-order valence-corrected chi connectivity index (χ3v) is 3.52. The summed E-state index contributed by atoms with van der Waals surface area (Å²) >= 11 is 0. The van der Waals surface area contributed by atoms with Crippen LogP contribution in [-0.4, -0.2) is 12.0 Å². The van der Waals surface area contributed by atoms with Crippen LogP contribution >= 0.6 is 0 Å². The van der Waals surface area contributed by atoms with Gasteiger partial charge in [0.1, 0.15) is 5.75 Å². The van der Waals surface area contributed by atoms with E-state index in [1.54, 1.807) is 12.3 Å². The van der Waals surface area contributed by atoms with Crippen molar-refractivity contribution in [3.05, 3.63) is 65.9 Å². The maximum atomic E-state index is 12.5. The van der Waals surface area contributed by atoms with Crippen LogP contribution in [0.15, 0.2) is 60.3 Å². The first kappa shape index (κ1) is 11.1. The molecule has 2 aliphatic heterocycles. The van der Waals surface area contributed by atoms with Crippen LogP contribution in [0.1, 0.15) is 10.4 Å². The SMILES string of the molecule is O=C1C2=CNc3ccccc3N[C@H]2Oc2ccccc21. The summed E-state index contributed by atoms with van der Waals surface area (Å²) in [7, 11) is 0. The molecule has 0 saturated heterocycles. The number of hydrogen-bond acceptors (Lipinski definition) is 4. The zero-order chi connectivity index (χ0) is 13.5. The van der Waals surface area contributed by atoms with Crippen LogP contribution in [0.4, 0.5) is 11.4 Å². The molecule has 0 fully saturated rings. The average Bonchev–Trinajstić information content (AvgIpc) is 2.66. The molecule has 2 aromatic carbocycles. The number of ether oxygens (including phenoxy) is 1. The fourth-order valence-electron chi connectivity index (χ4n) is 2.50. The monoisotopic (exact) mass is 264 g/mol. The molecule has 0 bridgehead atoms. The lowest BCUT2D eigenvalue weighted by Crippen LogP contribution is -2.36. The summed E-state index contributed by atoms with van der Waals surface area (Å²) in [4.78, 5) is 12.5. The number of hydrogen-bond donors (Lipinski definition) is 2. The van der Waals surface area contributed by atoms with E-state index in [2.05, 4.69) is 10.6 Å². The topological polar surface area (TPSA) is 50.4 Å². The summed E-state index contributed by atoms with van der Waals surface area (Å²) in [5.41, 5.74) is 3.02. The zero-order valence-corrected chi connectivity index (χ0v) is 10.6. The fraction of sp³-hybridized carbons (Fsp3) is 0.0625. The van der Waals surface area contributed by atoms with Gasteiger partial charge in [0.2, 0.25) is 6.23 Å². The fourth-order valence-corrected chi connectivity index (χ4v) is 2.50. The number of Topliss-reactive ketones (excluding diaryl/α,β-unsaturated/α-hetero) is 1. The van der Waals surface area contributed by atoms with Crippen molar-refractivity contribution in [2.75, 3.05) is 10.6 Å². The van der Waals surface area contributed by atoms with Gasteiger partial charge in [0.15, 0.2) is 5.78 Å². The van der Waals surface area contributed by atoms with Crippen molar-refractivity contribution < 1.29 is 9.53 Å². The van der Waals surface area contributed by atoms with E-state index in [0.717, 1.165) is 11.4 Å². The van der Waals surface area contributed by atoms with Gasteiger partial charge < -0.3 is 15.4 Å². The van der Waals surface area contributed by atoms with E-state index in [1.807, 2.05) is 42.5 Å². The maximum Gasteiger partial charge on any atom is 0.201 e. The van der Waals surface area contributed by atoms with Crippen molar-refractivity contribution >= 4 is 17.2 Å². The molecule has 2 aromatic rings. The largest absolute Gasteiger partial charge is 0.466 e. The first-order valence-electron chi connectivity index (χ1n) is 6.45. The van der Waals surface area contributed by atoms with Crippen molar-refractivity contribution in [3.63, 3.8) is 0 Å². The number of nitrogens with one attached hydrogen (secondary N) is 2. The Bertz CT molecular complexity index is 737. The van der Waals surface area contributed by atoms with Gasteiger partial charge >= 0.3 is 0 Å². The second-order valence-electron chi connectivity index (χ2n) is 4.76. The molecule has 0 unspecified atom stereocenters. The maximum absolute atomic E-state index is 12.5. The van der Waals surface area contributed by atoms with Crippen LogP contribution in [0.5, 0.6) is 5.75 Å². The number of carbonyl (C=O) groups is 1. The first-order chi connectivity index (χ1) is 9.83. The number of benzene rings is 2. The Kier molecular flexibility index (Phi) is 2.29. The number of anilines is 2. The molecule has 4 nitrogen and oxygen atoms in total. The van der Waals surface area contributed by atoms with Crippen LogP contribution in [0.3, 0.4) is 0 Å². The van der Waals surface area contributed by atoms with E-state index in [4.69, 9.17) is 4.74 Å². The summed E-state index contributed by atoms with van der Waals surface area (Å²) in [5, 5.41) is 6.42. The quantitative estimate of drug-likeness (QED) is 0.768. The molecule has 0 radical (unpaired) electrons. The lowest BCUT2D eigenvalue weighted by atomic mass is 9.99. The Labute approximate surface area is 116 Å². The van der Waals surface area contributed by atoms with E-state index in [-0.39, 0.29) is 5.78 Å². The highest BCUT2D eigenvalue weighted by atomic mass is 16.5. The Hall–Kier alpha value is -2.75. The highest BCUT2D eigenvalue weighted by Crippen LogP contribution is 2.34. The molecule has 4 heteroatoms. The summed E-state index contributed by atoms with van der Waals surface area (Å²) in [6, 6.07) is 15.1. The molecule has 1 atom stereocenters. The molecule has 2 heterocycles. The smallest absolute Gasteiger partial charge is 0.201 e. The Morgan fingerprint density at radius 2 is 1.70 bits per heavy atom. The van der Waals surface area contributed by atoms with Gasteiger partial charge in [0.05, 0.1) is 22.5 Å². The van der Waals surface area contributed by atoms with E-state index in [9.17, 15) is 4.79 Å². The minimum absolute atomic E-state index is 0.00958. The van der Waals surface area contributed by atoms with Crippen molar-refractivity contribution in [2.24, 2.45) is 0 Å². The van der Waals surface area contributed by atoms with Gasteiger partial charge in [-0.2, -0.15) is 0 Å². The van der Waals surface area contributed by atoms with Gasteiger partial charge in [0, 0.05) is 6.20 Å². The van der Waals surface area contributed by atoms with E-state index in [1.165, 1.54) is 0 Å². The number of ketones is 1. The lowest BCUT2D eigenvalue weighted by molar-refractivity contribution is 0.0974. The predicted molar refractivity (Wildman–Crippen MR) is 77.0 cm³/mol. The molecule has 98 valence electrons. The first-order valence-corrected chi connectivity index (χ1v) is 6.45. The number of fused-ring (bicyclic) bond motifs is 3. The minimum atomic E-state index is -0.464. The molecule has 2 aliphatic rings. The number of rotatable bonds is 0. The van der Waals surface area contributed by atoms with Crippen LogP contribution in [-0.2, 0) is 0 Å². The van der Waals surface area contributed by atoms with Gasteiger partial charge in [-0.05, 0) is 24.3 Å². The van der Waals surface area contributed by atoms with Crippen molar-refractivity contribution in [3.8, 4) is 5.75 Å². The van der Waals surface area contributed by atoms with Gasteiger partial charge in [-0.3, -0.25) is 4.79 Å². The molecule has 4 rings (SSSR count). The highest BCUT2D eigenvalue weighted by Gasteiger charge is 2.33. The summed E-state index contributed by atoms with van der Waals surface area (Å²) in [6.45, 7) is 0. The van der Waals surface area contributed by atoms with Crippen molar-refractivity contribution in [1.82, 2.24) is 0 Å². The molecule has 0 spiro atoms. The lowest BCUT2D eigenvalue weighted by Gasteiger charge is -2.27. The molecule has 2 N–H and O–H groups in total.